The van der Waals surface area contributed by atoms with Gasteiger partial charge in [0.2, 0.25) is 10.0 Å². The third-order valence-electron chi connectivity index (χ3n) is 2.77. The van der Waals surface area contributed by atoms with Gasteiger partial charge in [0.05, 0.1) is 23.9 Å². The number of benzene rings is 1. The molecule has 20 heavy (non-hydrogen) atoms. The number of anilines is 2. The Morgan fingerprint density at radius 2 is 2.05 bits per heavy atom. The average molecular weight is 296 g/mol. The van der Waals surface area contributed by atoms with E-state index in [1.165, 1.54) is 6.07 Å². The van der Waals surface area contributed by atoms with Crippen molar-refractivity contribution >= 4 is 21.4 Å². The number of nitrogen functional groups attached to an aromatic ring is 1. The molecule has 110 valence electrons. The monoisotopic (exact) mass is 296 g/mol. The van der Waals surface area contributed by atoms with E-state index in [9.17, 15) is 8.42 Å². The molecule has 0 atom stereocenters. The summed E-state index contributed by atoms with van der Waals surface area (Å²) in [6.07, 6.45) is 0.339. The highest BCUT2D eigenvalue weighted by Gasteiger charge is 2.18. The van der Waals surface area contributed by atoms with Gasteiger partial charge in [-0.05, 0) is 18.1 Å². The first kappa shape index (κ1) is 16.3. The van der Waals surface area contributed by atoms with Crippen LogP contribution in [0.4, 0.5) is 11.4 Å². The largest absolute Gasteiger partial charge is 0.396 e. The van der Waals surface area contributed by atoms with E-state index < -0.39 is 10.0 Å². The maximum Gasteiger partial charge on any atom is 0.240 e. The molecule has 1 aromatic carbocycles. The van der Waals surface area contributed by atoms with Crippen molar-refractivity contribution in [3.05, 3.63) is 18.2 Å². The van der Waals surface area contributed by atoms with Crippen molar-refractivity contribution in [1.82, 2.24) is 0 Å². The molecule has 0 aliphatic carbocycles. The van der Waals surface area contributed by atoms with Crippen LogP contribution in [0, 0.1) is 17.2 Å². The lowest BCUT2D eigenvalue weighted by molar-refractivity contribution is 0.597. The number of sulfonamides is 1. The predicted molar refractivity (Wildman–Crippen MR) is 79.5 cm³/mol. The molecule has 0 fully saturated rings. The molecule has 4 N–H and O–H groups in total. The van der Waals surface area contributed by atoms with E-state index in [4.69, 9.17) is 16.1 Å². The Balaban J connectivity index is 3.23. The number of nitriles is 1. The molecule has 0 bridgehead atoms. The van der Waals surface area contributed by atoms with Crippen LogP contribution in [-0.2, 0) is 10.0 Å². The second kappa shape index (κ2) is 6.59. The van der Waals surface area contributed by atoms with Crippen LogP contribution >= 0.6 is 0 Å². The number of nitrogens with zero attached hydrogens (tertiary/aromatic N) is 2. The van der Waals surface area contributed by atoms with Gasteiger partial charge in [-0.1, -0.05) is 19.9 Å². The first-order chi connectivity index (χ1) is 9.27. The first-order valence-electron chi connectivity index (χ1n) is 6.30. The van der Waals surface area contributed by atoms with Gasteiger partial charge in [-0.25, -0.2) is 13.6 Å². The van der Waals surface area contributed by atoms with E-state index in [0.29, 0.717) is 31.1 Å². The molecule has 0 saturated carbocycles. The average Bonchev–Trinajstić information content (AvgIpc) is 2.33. The fourth-order valence-electron chi connectivity index (χ4n) is 1.99. The van der Waals surface area contributed by atoms with Gasteiger partial charge in [-0.15, -0.1) is 0 Å². The third kappa shape index (κ3) is 4.11. The van der Waals surface area contributed by atoms with Crippen LogP contribution < -0.4 is 15.8 Å². The zero-order chi connectivity index (χ0) is 15.3. The summed E-state index contributed by atoms with van der Waals surface area (Å²) in [5.41, 5.74) is 6.66. The summed E-state index contributed by atoms with van der Waals surface area (Å²) < 4.78 is 23.0. The summed E-state index contributed by atoms with van der Waals surface area (Å²) in [4.78, 5) is 1.83. The van der Waals surface area contributed by atoms with Crippen LogP contribution in [0.1, 0.15) is 20.3 Å². The van der Waals surface area contributed by atoms with Gasteiger partial charge in [0.1, 0.15) is 4.90 Å². The number of para-hydroxylation sites is 1. The number of nitrogens with two attached hydrogens (primary N) is 2. The summed E-state index contributed by atoms with van der Waals surface area (Å²) in [5, 5.41) is 13.9. The van der Waals surface area contributed by atoms with Gasteiger partial charge in [0, 0.05) is 13.1 Å². The lowest BCUT2D eigenvalue weighted by Crippen LogP contribution is -2.30. The SMILES string of the molecule is CC(C)CN(CCC#N)c1cccc(S(N)(=O)=O)c1N. The summed E-state index contributed by atoms with van der Waals surface area (Å²) in [6.45, 7) is 5.26. The van der Waals surface area contributed by atoms with Gasteiger partial charge in [-0.2, -0.15) is 5.26 Å². The van der Waals surface area contributed by atoms with Crippen molar-refractivity contribution < 1.29 is 8.42 Å². The van der Waals surface area contributed by atoms with E-state index in [2.05, 4.69) is 6.07 Å². The lowest BCUT2D eigenvalue weighted by Gasteiger charge is -2.27. The molecule has 1 aromatic rings. The molecule has 0 unspecified atom stereocenters. The molecule has 0 radical (unpaired) electrons. The summed E-state index contributed by atoms with van der Waals surface area (Å²) in [7, 11) is -3.86. The fraction of sp³-hybridized carbons (Fsp3) is 0.462. The highest BCUT2D eigenvalue weighted by atomic mass is 32.2. The molecule has 0 aromatic heterocycles. The number of hydrogen-bond acceptors (Lipinski definition) is 5. The van der Waals surface area contributed by atoms with Crippen LogP contribution in [0.3, 0.4) is 0 Å². The standard InChI is InChI=1S/C13H20N4O2S/c1-10(2)9-17(8-4-7-14)11-5-3-6-12(13(11)15)20(16,18)19/h3,5-6,10H,4,8-9,15H2,1-2H3,(H2,16,18,19). The quantitative estimate of drug-likeness (QED) is 0.768. The summed E-state index contributed by atoms with van der Waals surface area (Å²) >= 11 is 0. The second-order valence-electron chi connectivity index (χ2n) is 4.98. The Labute approximate surface area is 120 Å². The Kier molecular flexibility index (Phi) is 5.36. The van der Waals surface area contributed by atoms with E-state index in [0.717, 1.165) is 0 Å². The minimum absolute atomic E-state index is 0.0827. The van der Waals surface area contributed by atoms with Crippen molar-refractivity contribution in [1.29, 1.82) is 5.26 Å². The molecule has 0 amide bonds. The van der Waals surface area contributed by atoms with Crippen LogP contribution in [0.2, 0.25) is 0 Å². The Morgan fingerprint density at radius 3 is 2.55 bits per heavy atom. The van der Waals surface area contributed by atoms with Gasteiger partial charge < -0.3 is 10.6 Å². The highest BCUT2D eigenvalue weighted by Crippen LogP contribution is 2.29. The number of hydrogen-bond donors (Lipinski definition) is 2. The molecule has 1 rings (SSSR count). The molecule has 0 aliphatic rings. The van der Waals surface area contributed by atoms with Crippen molar-refractivity contribution in [2.45, 2.75) is 25.2 Å². The molecule has 7 heteroatoms. The van der Waals surface area contributed by atoms with Crippen LogP contribution in [0.25, 0.3) is 0 Å². The van der Waals surface area contributed by atoms with Crippen molar-refractivity contribution in [3.8, 4) is 6.07 Å². The van der Waals surface area contributed by atoms with E-state index in [1.807, 2.05) is 18.7 Å². The molecular weight excluding hydrogens is 276 g/mol. The molecule has 0 spiro atoms. The topological polar surface area (TPSA) is 113 Å². The highest BCUT2D eigenvalue weighted by molar-refractivity contribution is 7.89. The molecule has 0 saturated heterocycles. The second-order valence-corrected chi connectivity index (χ2v) is 6.51. The van der Waals surface area contributed by atoms with Crippen molar-refractivity contribution in [2.75, 3.05) is 23.7 Å². The summed E-state index contributed by atoms with van der Waals surface area (Å²) in [6, 6.07) is 6.80. The van der Waals surface area contributed by atoms with Gasteiger partial charge >= 0.3 is 0 Å². The zero-order valence-electron chi connectivity index (χ0n) is 11.7. The van der Waals surface area contributed by atoms with Crippen LogP contribution in [0.15, 0.2) is 23.1 Å². The lowest BCUT2D eigenvalue weighted by atomic mass is 10.1. The van der Waals surface area contributed by atoms with E-state index in [1.54, 1.807) is 12.1 Å². The molecular formula is C13H20N4O2S. The first-order valence-corrected chi connectivity index (χ1v) is 7.85. The number of rotatable bonds is 6. The maximum absolute atomic E-state index is 11.5. The van der Waals surface area contributed by atoms with E-state index in [-0.39, 0.29) is 10.6 Å². The van der Waals surface area contributed by atoms with Gasteiger partial charge in [0.15, 0.2) is 0 Å². The Bertz CT molecular complexity index is 605. The minimum atomic E-state index is -3.86. The van der Waals surface area contributed by atoms with Gasteiger partial charge in [0.25, 0.3) is 0 Å². The molecule has 0 aliphatic heterocycles. The fourth-order valence-corrected chi connectivity index (χ4v) is 2.67. The Morgan fingerprint density at radius 1 is 1.40 bits per heavy atom. The van der Waals surface area contributed by atoms with Crippen LogP contribution in [0.5, 0.6) is 0 Å². The normalized spacial score (nSPS) is 11.3. The summed E-state index contributed by atoms with van der Waals surface area (Å²) in [5.74, 6) is 0.353. The predicted octanol–water partition coefficient (Wildman–Crippen LogP) is 1.29. The number of primary sulfonamides is 1. The molecule has 6 nitrogen and oxygen atoms in total. The van der Waals surface area contributed by atoms with Gasteiger partial charge in [-0.3, -0.25) is 0 Å². The smallest absolute Gasteiger partial charge is 0.240 e. The Hall–Kier alpha value is -1.78. The zero-order valence-corrected chi connectivity index (χ0v) is 12.5. The minimum Gasteiger partial charge on any atom is -0.396 e. The maximum atomic E-state index is 11.5. The van der Waals surface area contributed by atoms with Crippen LogP contribution in [-0.4, -0.2) is 21.5 Å². The van der Waals surface area contributed by atoms with E-state index >= 15 is 0 Å². The van der Waals surface area contributed by atoms with Crippen molar-refractivity contribution in [3.63, 3.8) is 0 Å². The van der Waals surface area contributed by atoms with Crippen molar-refractivity contribution in [2.24, 2.45) is 11.1 Å². The third-order valence-corrected chi connectivity index (χ3v) is 3.74. The molecule has 0 heterocycles.